The zero-order valence-corrected chi connectivity index (χ0v) is 16.4. The van der Waals surface area contributed by atoms with E-state index < -0.39 is 10.0 Å². The van der Waals surface area contributed by atoms with E-state index in [1.54, 1.807) is 37.4 Å². The van der Waals surface area contributed by atoms with E-state index in [1.165, 1.54) is 16.4 Å². The molecular formula is C18H18Cl2N2O3S. The number of amides is 1. The van der Waals surface area contributed by atoms with Crippen LogP contribution in [-0.4, -0.2) is 31.7 Å². The lowest BCUT2D eigenvalue weighted by atomic mass is 10.1. The largest absolute Gasteiger partial charge is 0.355 e. The van der Waals surface area contributed by atoms with Crippen LogP contribution in [0.15, 0.2) is 47.4 Å². The fraction of sp³-hybridized carbons (Fsp3) is 0.278. The average molecular weight is 413 g/mol. The maximum atomic E-state index is 13.1. The van der Waals surface area contributed by atoms with Crippen molar-refractivity contribution < 1.29 is 13.2 Å². The summed E-state index contributed by atoms with van der Waals surface area (Å²) in [6.45, 7) is 0.212. The molecule has 2 aromatic carbocycles. The highest BCUT2D eigenvalue weighted by atomic mass is 35.5. The Kier molecular flexibility index (Phi) is 5.58. The third kappa shape index (κ3) is 4.04. The summed E-state index contributed by atoms with van der Waals surface area (Å²) in [5.41, 5.74) is 1.32. The van der Waals surface area contributed by atoms with Crippen molar-refractivity contribution in [3.8, 4) is 0 Å². The molecule has 0 heterocycles. The minimum Gasteiger partial charge on any atom is -0.355 e. The van der Waals surface area contributed by atoms with Crippen molar-refractivity contribution >= 4 is 39.1 Å². The summed E-state index contributed by atoms with van der Waals surface area (Å²) in [6, 6.07) is 11.2. The summed E-state index contributed by atoms with van der Waals surface area (Å²) in [6.07, 6.45) is 1.63. The summed E-state index contributed by atoms with van der Waals surface area (Å²) in [7, 11) is -2.22. The fourth-order valence-electron chi connectivity index (χ4n) is 2.66. The highest BCUT2D eigenvalue weighted by Gasteiger charge is 2.39. The first-order valence-corrected chi connectivity index (χ1v) is 10.3. The molecule has 1 amide bonds. The van der Waals surface area contributed by atoms with Crippen LogP contribution in [-0.2, 0) is 16.6 Å². The molecule has 0 unspecified atom stereocenters. The molecule has 1 fully saturated rings. The molecule has 0 spiro atoms. The number of nitrogens with one attached hydrogen (secondary N) is 1. The summed E-state index contributed by atoms with van der Waals surface area (Å²) < 4.78 is 27.7. The number of carbonyl (C=O) groups is 1. The Hall–Kier alpha value is -1.60. The van der Waals surface area contributed by atoms with E-state index in [-0.39, 0.29) is 28.4 Å². The predicted molar refractivity (Wildman–Crippen MR) is 102 cm³/mol. The van der Waals surface area contributed by atoms with Crippen LogP contribution in [0.1, 0.15) is 28.8 Å². The van der Waals surface area contributed by atoms with Crippen LogP contribution in [0.25, 0.3) is 0 Å². The Bertz CT molecular complexity index is 926. The molecule has 0 bridgehead atoms. The molecule has 5 nitrogen and oxygen atoms in total. The minimum absolute atomic E-state index is 0.0144. The zero-order chi connectivity index (χ0) is 18.9. The Morgan fingerprint density at radius 1 is 1.15 bits per heavy atom. The normalized spacial score (nSPS) is 14.5. The summed E-state index contributed by atoms with van der Waals surface area (Å²) >= 11 is 12.1. The van der Waals surface area contributed by atoms with E-state index in [0.29, 0.717) is 10.6 Å². The predicted octanol–water partition coefficient (Wildman–Crippen LogP) is 3.71. The van der Waals surface area contributed by atoms with Gasteiger partial charge in [0.2, 0.25) is 10.0 Å². The number of sulfonamides is 1. The molecule has 26 heavy (non-hydrogen) atoms. The van der Waals surface area contributed by atoms with Crippen molar-refractivity contribution in [2.24, 2.45) is 0 Å². The molecule has 2 aromatic rings. The molecule has 1 aliphatic carbocycles. The van der Waals surface area contributed by atoms with Crippen LogP contribution in [0, 0.1) is 0 Å². The van der Waals surface area contributed by atoms with Gasteiger partial charge in [-0.3, -0.25) is 4.79 Å². The van der Waals surface area contributed by atoms with Crippen LogP contribution in [0.2, 0.25) is 10.0 Å². The van der Waals surface area contributed by atoms with Crippen LogP contribution in [0.3, 0.4) is 0 Å². The molecule has 1 N–H and O–H groups in total. The molecule has 1 saturated carbocycles. The van der Waals surface area contributed by atoms with Gasteiger partial charge in [0.1, 0.15) is 4.90 Å². The first kappa shape index (κ1) is 19.2. The maximum absolute atomic E-state index is 13.1. The number of halogens is 2. The van der Waals surface area contributed by atoms with Gasteiger partial charge < -0.3 is 5.32 Å². The van der Waals surface area contributed by atoms with E-state index in [2.05, 4.69) is 5.32 Å². The second-order valence-corrected chi connectivity index (χ2v) is 8.83. The second-order valence-electron chi connectivity index (χ2n) is 6.13. The third-order valence-electron chi connectivity index (χ3n) is 4.22. The zero-order valence-electron chi connectivity index (χ0n) is 14.1. The van der Waals surface area contributed by atoms with Crippen molar-refractivity contribution in [2.45, 2.75) is 30.3 Å². The van der Waals surface area contributed by atoms with Crippen LogP contribution in [0.4, 0.5) is 0 Å². The summed E-state index contributed by atoms with van der Waals surface area (Å²) in [4.78, 5) is 11.6. The second kappa shape index (κ2) is 7.56. The van der Waals surface area contributed by atoms with Crippen LogP contribution >= 0.6 is 23.2 Å². The Balaban J connectivity index is 1.90. The van der Waals surface area contributed by atoms with E-state index in [1.807, 2.05) is 0 Å². The molecule has 0 aromatic heterocycles. The number of benzene rings is 2. The smallest absolute Gasteiger partial charge is 0.251 e. The molecule has 0 atom stereocenters. The highest BCUT2D eigenvalue weighted by Crippen LogP contribution is 2.36. The molecule has 0 radical (unpaired) electrons. The molecule has 8 heteroatoms. The van der Waals surface area contributed by atoms with Gasteiger partial charge in [-0.05, 0) is 48.7 Å². The van der Waals surface area contributed by atoms with Gasteiger partial charge >= 0.3 is 0 Å². The fourth-order valence-corrected chi connectivity index (χ4v) is 5.07. The maximum Gasteiger partial charge on any atom is 0.251 e. The van der Waals surface area contributed by atoms with E-state index in [9.17, 15) is 13.2 Å². The number of nitrogens with zero attached hydrogens (tertiary/aromatic N) is 1. The van der Waals surface area contributed by atoms with E-state index >= 15 is 0 Å². The van der Waals surface area contributed by atoms with Gasteiger partial charge in [0.25, 0.3) is 5.91 Å². The summed E-state index contributed by atoms with van der Waals surface area (Å²) in [5, 5.41) is 3.02. The first-order valence-electron chi connectivity index (χ1n) is 8.11. The molecular weight excluding hydrogens is 395 g/mol. The monoisotopic (exact) mass is 412 g/mol. The Labute approximate surface area is 163 Å². The number of hydrogen-bond acceptors (Lipinski definition) is 3. The van der Waals surface area contributed by atoms with E-state index in [4.69, 9.17) is 23.2 Å². The lowest BCUT2D eigenvalue weighted by Crippen LogP contribution is -2.33. The van der Waals surface area contributed by atoms with Gasteiger partial charge in [-0.15, -0.1) is 0 Å². The highest BCUT2D eigenvalue weighted by molar-refractivity contribution is 7.89. The standard InChI is InChI=1S/C18H18Cl2N2O3S/c1-21-18(23)13-4-2-12(3-5-13)11-22(15-7-8-15)26(24,25)17-10-14(19)6-9-16(17)20/h2-6,9-10,15H,7-8,11H2,1H3,(H,21,23). The summed E-state index contributed by atoms with van der Waals surface area (Å²) in [5.74, 6) is -0.186. The SMILES string of the molecule is CNC(=O)c1ccc(CN(C2CC2)S(=O)(=O)c2cc(Cl)ccc2Cl)cc1. The van der Waals surface area contributed by atoms with Crippen molar-refractivity contribution in [2.75, 3.05) is 7.05 Å². The molecule has 0 saturated heterocycles. The van der Waals surface area contributed by atoms with Crippen LogP contribution < -0.4 is 5.32 Å². The number of carbonyl (C=O) groups excluding carboxylic acids is 1. The van der Waals surface area contributed by atoms with Crippen molar-refractivity contribution in [1.82, 2.24) is 9.62 Å². The van der Waals surface area contributed by atoms with Gasteiger partial charge in [0, 0.05) is 30.2 Å². The van der Waals surface area contributed by atoms with E-state index in [0.717, 1.165) is 18.4 Å². The quantitative estimate of drug-likeness (QED) is 0.785. The Morgan fingerprint density at radius 3 is 2.38 bits per heavy atom. The minimum atomic E-state index is -3.78. The van der Waals surface area contributed by atoms with Crippen molar-refractivity contribution in [3.05, 3.63) is 63.6 Å². The molecule has 138 valence electrons. The molecule has 1 aliphatic rings. The first-order chi connectivity index (χ1) is 12.3. The van der Waals surface area contributed by atoms with Gasteiger partial charge in [0.15, 0.2) is 0 Å². The van der Waals surface area contributed by atoms with Crippen LogP contribution in [0.5, 0.6) is 0 Å². The molecule has 0 aliphatic heterocycles. The molecule has 3 rings (SSSR count). The van der Waals surface area contributed by atoms with Gasteiger partial charge in [-0.2, -0.15) is 4.31 Å². The van der Waals surface area contributed by atoms with Crippen molar-refractivity contribution in [1.29, 1.82) is 0 Å². The van der Waals surface area contributed by atoms with Crippen molar-refractivity contribution in [3.63, 3.8) is 0 Å². The topological polar surface area (TPSA) is 66.5 Å². The van der Waals surface area contributed by atoms with Gasteiger partial charge in [-0.1, -0.05) is 35.3 Å². The third-order valence-corrected chi connectivity index (χ3v) is 6.83. The average Bonchev–Trinajstić information content (AvgIpc) is 3.46. The van der Waals surface area contributed by atoms with Gasteiger partial charge in [0.05, 0.1) is 5.02 Å². The Morgan fingerprint density at radius 2 is 1.81 bits per heavy atom. The lowest BCUT2D eigenvalue weighted by molar-refractivity contribution is 0.0963. The number of hydrogen-bond donors (Lipinski definition) is 1. The van der Waals surface area contributed by atoms with Gasteiger partial charge in [-0.25, -0.2) is 8.42 Å². The number of rotatable bonds is 6. The lowest BCUT2D eigenvalue weighted by Gasteiger charge is -2.23.